The van der Waals surface area contributed by atoms with Gasteiger partial charge in [-0.2, -0.15) is 8.42 Å². The maximum absolute atomic E-state index is 10.6. The van der Waals surface area contributed by atoms with E-state index in [1.54, 1.807) is 0 Å². The van der Waals surface area contributed by atoms with Gasteiger partial charge in [-0.1, -0.05) is 0 Å². The first-order valence-electron chi connectivity index (χ1n) is 3.10. The third-order valence-corrected chi connectivity index (χ3v) is 2.15. The van der Waals surface area contributed by atoms with Crippen LogP contribution < -0.4 is 29.6 Å². The van der Waals surface area contributed by atoms with Gasteiger partial charge in [-0.3, -0.25) is 4.18 Å². The first kappa shape index (κ1) is 14.4. The van der Waals surface area contributed by atoms with Crippen LogP contribution in [-0.4, -0.2) is 32.5 Å². The normalized spacial score (nSPS) is 10.7. The van der Waals surface area contributed by atoms with Crippen molar-refractivity contribution >= 4 is 10.1 Å². The predicted octanol–water partition coefficient (Wildman–Crippen LogP) is -3.15. The Labute approximate surface area is 90.8 Å². The summed E-state index contributed by atoms with van der Waals surface area (Å²) in [7, 11) is -3.30. The molecule has 0 heterocycles. The van der Waals surface area contributed by atoms with Gasteiger partial charge in [0.15, 0.2) is 0 Å². The van der Waals surface area contributed by atoms with Crippen molar-refractivity contribution in [3.05, 3.63) is 0 Å². The molecule has 0 aliphatic rings. The van der Waals surface area contributed by atoms with Gasteiger partial charge in [0.2, 0.25) is 0 Å². The van der Waals surface area contributed by atoms with E-state index in [0.717, 1.165) is 0 Å². The number of aliphatic hydroxyl groups is 1. The first-order valence-corrected chi connectivity index (χ1v) is 4.68. The van der Waals surface area contributed by atoms with Crippen molar-refractivity contribution < 1.29 is 48.7 Å². The van der Waals surface area contributed by atoms with Crippen LogP contribution in [0.5, 0.6) is 0 Å². The van der Waals surface area contributed by atoms with E-state index < -0.39 is 10.1 Å². The number of hydrogen-bond donors (Lipinski definition) is 1. The van der Waals surface area contributed by atoms with Crippen LogP contribution in [0, 0.1) is 0 Å². The van der Waals surface area contributed by atoms with Crippen LogP contribution in [-0.2, 0) is 14.3 Å². The molecule has 0 aromatic carbocycles. The van der Waals surface area contributed by atoms with Gasteiger partial charge in [0.05, 0.1) is 12.4 Å². The number of rotatable bonds is 5. The molecule has 0 amide bonds. The van der Waals surface area contributed by atoms with Crippen LogP contribution in [0.25, 0.3) is 0 Å². The summed E-state index contributed by atoms with van der Waals surface area (Å²) in [5.41, 5.74) is 0. The summed E-state index contributed by atoms with van der Waals surface area (Å²) in [5.74, 6) is -0.0154. The molecular formula is C5H13NaO4S. The molecule has 0 saturated heterocycles. The van der Waals surface area contributed by atoms with Crippen LogP contribution in [0.1, 0.15) is 14.8 Å². The van der Waals surface area contributed by atoms with Crippen molar-refractivity contribution in [2.24, 2.45) is 0 Å². The van der Waals surface area contributed by atoms with E-state index >= 15 is 0 Å². The molecule has 0 aromatic heterocycles. The fourth-order valence-corrected chi connectivity index (χ4v) is 0.872. The molecule has 0 atom stereocenters. The Morgan fingerprint density at radius 3 is 2.45 bits per heavy atom. The molecule has 11 heavy (non-hydrogen) atoms. The average Bonchev–Trinajstić information content (AvgIpc) is 1.89. The molecule has 0 unspecified atom stereocenters. The fraction of sp³-hybridized carbons (Fsp3) is 1.00. The average molecular weight is 192 g/mol. The van der Waals surface area contributed by atoms with Crippen molar-refractivity contribution in [1.82, 2.24) is 0 Å². The monoisotopic (exact) mass is 192 g/mol. The Hall–Kier alpha value is 0.870. The Balaban J connectivity index is -0.000000405. The standard InChI is InChI=1S/C5H12O4S.Na.H/c1-2-10(7,8)9-5-3-4-6;;/h6H,2-5H2,1H3;;/q;+1;-1. The van der Waals surface area contributed by atoms with E-state index in [1.807, 2.05) is 0 Å². The quantitative estimate of drug-likeness (QED) is 0.284. The molecule has 4 nitrogen and oxygen atoms in total. The van der Waals surface area contributed by atoms with E-state index in [0.29, 0.717) is 6.42 Å². The zero-order valence-corrected chi connectivity index (χ0v) is 9.73. The van der Waals surface area contributed by atoms with Crippen molar-refractivity contribution in [1.29, 1.82) is 0 Å². The van der Waals surface area contributed by atoms with Crippen LogP contribution in [0.4, 0.5) is 0 Å². The van der Waals surface area contributed by atoms with Crippen LogP contribution >= 0.6 is 0 Å². The summed E-state index contributed by atoms with van der Waals surface area (Å²) in [6.07, 6.45) is 0.360. The van der Waals surface area contributed by atoms with E-state index in [1.165, 1.54) is 6.92 Å². The van der Waals surface area contributed by atoms with Crippen molar-refractivity contribution in [3.63, 3.8) is 0 Å². The molecular weight excluding hydrogens is 179 g/mol. The molecule has 0 saturated carbocycles. The van der Waals surface area contributed by atoms with E-state index in [2.05, 4.69) is 4.18 Å². The Bertz CT molecular complexity index is 170. The van der Waals surface area contributed by atoms with Gasteiger partial charge in [-0.25, -0.2) is 0 Å². The minimum absolute atomic E-state index is 0. The third-order valence-electron chi connectivity index (χ3n) is 0.919. The van der Waals surface area contributed by atoms with E-state index in [4.69, 9.17) is 5.11 Å². The molecule has 64 valence electrons. The maximum Gasteiger partial charge on any atom is 1.00 e. The van der Waals surface area contributed by atoms with Crippen LogP contribution in [0.3, 0.4) is 0 Å². The molecule has 0 spiro atoms. The summed E-state index contributed by atoms with van der Waals surface area (Å²) in [4.78, 5) is 0. The Kier molecular flexibility index (Phi) is 9.84. The molecule has 0 radical (unpaired) electrons. The molecule has 0 aromatic rings. The number of hydrogen-bond acceptors (Lipinski definition) is 4. The van der Waals surface area contributed by atoms with Gasteiger partial charge in [-0.05, 0) is 13.3 Å². The van der Waals surface area contributed by atoms with E-state index in [9.17, 15) is 8.42 Å². The van der Waals surface area contributed by atoms with Crippen molar-refractivity contribution in [2.45, 2.75) is 13.3 Å². The van der Waals surface area contributed by atoms with Gasteiger partial charge in [-0.15, -0.1) is 0 Å². The van der Waals surface area contributed by atoms with Gasteiger partial charge in [0.1, 0.15) is 0 Å². The summed E-state index contributed by atoms with van der Waals surface area (Å²) in [6.45, 7) is 1.54. The molecule has 0 bridgehead atoms. The van der Waals surface area contributed by atoms with Crippen LogP contribution in [0.15, 0.2) is 0 Å². The summed E-state index contributed by atoms with van der Waals surface area (Å²) in [5, 5.41) is 8.26. The smallest absolute Gasteiger partial charge is 1.00 e. The fourth-order valence-electron chi connectivity index (χ4n) is 0.334. The second kappa shape index (κ2) is 7.52. The topological polar surface area (TPSA) is 63.6 Å². The molecule has 0 rings (SSSR count). The zero-order valence-electron chi connectivity index (χ0n) is 7.91. The van der Waals surface area contributed by atoms with Gasteiger partial charge >= 0.3 is 29.6 Å². The molecule has 6 heteroatoms. The number of aliphatic hydroxyl groups excluding tert-OH is 1. The second-order valence-corrected chi connectivity index (χ2v) is 3.67. The largest absolute Gasteiger partial charge is 1.00 e. The van der Waals surface area contributed by atoms with Gasteiger partial charge < -0.3 is 6.53 Å². The van der Waals surface area contributed by atoms with Gasteiger partial charge in [0.25, 0.3) is 10.1 Å². The molecule has 1 N–H and O–H groups in total. The van der Waals surface area contributed by atoms with Crippen molar-refractivity contribution in [2.75, 3.05) is 19.0 Å². The molecule has 0 aliphatic carbocycles. The third kappa shape index (κ3) is 8.78. The second-order valence-electron chi connectivity index (χ2n) is 1.75. The predicted molar refractivity (Wildman–Crippen MR) is 38.2 cm³/mol. The summed E-state index contributed by atoms with van der Waals surface area (Å²) in [6, 6.07) is 0. The summed E-state index contributed by atoms with van der Waals surface area (Å²) >= 11 is 0. The SMILES string of the molecule is CCS(=O)(=O)OCCCO.[H-].[Na+]. The first-order chi connectivity index (χ1) is 4.62. The van der Waals surface area contributed by atoms with Gasteiger partial charge in [0, 0.05) is 6.61 Å². The Morgan fingerprint density at radius 2 is 2.09 bits per heavy atom. The maximum atomic E-state index is 10.6. The minimum atomic E-state index is -3.30. The molecule has 0 fully saturated rings. The molecule has 0 aliphatic heterocycles. The van der Waals surface area contributed by atoms with E-state index in [-0.39, 0.29) is 50.0 Å². The van der Waals surface area contributed by atoms with Crippen molar-refractivity contribution in [3.8, 4) is 0 Å². The summed E-state index contributed by atoms with van der Waals surface area (Å²) < 4.78 is 25.6. The van der Waals surface area contributed by atoms with Crippen LogP contribution in [0.2, 0.25) is 0 Å². The Morgan fingerprint density at radius 1 is 1.55 bits per heavy atom. The minimum Gasteiger partial charge on any atom is -1.00 e. The zero-order chi connectivity index (χ0) is 8.04.